The predicted octanol–water partition coefficient (Wildman–Crippen LogP) is 12.1. The molecule has 0 radical (unpaired) electrons. The maximum Gasteiger partial charge on any atom is 0.573 e. The number of hydrogen-bond donors (Lipinski definition) is 0. The highest BCUT2D eigenvalue weighted by molar-refractivity contribution is 5.72. The first-order valence-electron chi connectivity index (χ1n) is 15.1. The van der Waals surface area contributed by atoms with Gasteiger partial charge in [0.05, 0.1) is 0 Å². The molecule has 2 nitrogen and oxygen atoms in total. The Kier molecular flexibility index (Phi) is 10.3. The highest BCUT2D eigenvalue weighted by Gasteiger charge is 2.42. The van der Waals surface area contributed by atoms with Crippen molar-refractivity contribution >= 4 is 0 Å². The predicted molar refractivity (Wildman–Crippen MR) is 159 cm³/mol. The summed E-state index contributed by atoms with van der Waals surface area (Å²) in [5.74, 6) is -11.3. The molecule has 0 atom stereocenters. The Balaban J connectivity index is 1.32. The van der Waals surface area contributed by atoms with Crippen molar-refractivity contribution in [3.8, 4) is 33.8 Å². The smallest absolute Gasteiger partial charge is 0.429 e. The van der Waals surface area contributed by atoms with Gasteiger partial charge in [0.25, 0.3) is 0 Å². The molecule has 1 aliphatic rings. The Morgan fingerprint density at radius 2 is 1.18 bits per heavy atom. The number of halogens is 11. The number of hydrogen-bond acceptors (Lipinski definition) is 2. The fraction of sp³-hybridized carbons (Fsp3) is 0.278. The Labute approximate surface area is 273 Å². The van der Waals surface area contributed by atoms with Gasteiger partial charge in [-0.25, -0.2) is 26.3 Å². The zero-order valence-electron chi connectivity index (χ0n) is 25.6. The summed E-state index contributed by atoms with van der Waals surface area (Å²) in [7, 11) is 0. The first-order chi connectivity index (χ1) is 23.1. The molecule has 0 amide bonds. The van der Waals surface area contributed by atoms with Gasteiger partial charge in [-0.2, -0.15) is 8.78 Å². The molecule has 49 heavy (non-hydrogen) atoms. The van der Waals surface area contributed by atoms with Crippen molar-refractivity contribution in [3.05, 3.63) is 119 Å². The van der Waals surface area contributed by atoms with Gasteiger partial charge < -0.3 is 9.47 Å². The first-order valence-corrected chi connectivity index (χ1v) is 15.1. The van der Waals surface area contributed by atoms with Crippen LogP contribution in [0.5, 0.6) is 11.5 Å². The average Bonchev–Trinajstić information content (AvgIpc) is 3.01. The molecule has 0 spiro atoms. The van der Waals surface area contributed by atoms with Gasteiger partial charge in [0.1, 0.15) is 34.6 Å². The fourth-order valence-electron chi connectivity index (χ4n) is 5.92. The van der Waals surface area contributed by atoms with E-state index < -0.39 is 75.6 Å². The summed E-state index contributed by atoms with van der Waals surface area (Å²) in [6.45, 7) is 2.01. The van der Waals surface area contributed by atoms with E-state index in [0.29, 0.717) is 37.0 Å². The molecule has 0 bridgehead atoms. The Hall–Kier alpha value is -4.55. The van der Waals surface area contributed by atoms with Gasteiger partial charge in [0.2, 0.25) is 5.75 Å². The van der Waals surface area contributed by atoms with Crippen LogP contribution in [0.4, 0.5) is 48.3 Å². The summed E-state index contributed by atoms with van der Waals surface area (Å²) in [4.78, 5) is 0. The van der Waals surface area contributed by atoms with E-state index in [4.69, 9.17) is 0 Å². The van der Waals surface area contributed by atoms with E-state index >= 15 is 13.2 Å². The topological polar surface area (TPSA) is 18.5 Å². The highest BCUT2D eigenvalue weighted by Crippen LogP contribution is 2.41. The maximum absolute atomic E-state index is 15.1. The molecule has 0 heterocycles. The summed E-state index contributed by atoms with van der Waals surface area (Å²) in [5, 5.41) is 0. The number of benzene rings is 4. The lowest BCUT2D eigenvalue weighted by molar-refractivity contribution is -0.276. The molecule has 1 saturated carbocycles. The van der Waals surface area contributed by atoms with Crippen LogP contribution in [-0.4, -0.2) is 6.36 Å². The summed E-state index contributed by atoms with van der Waals surface area (Å²) >= 11 is 0. The third-order valence-electron chi connectivity index (χ3n) is 8.24. The van der Waals surface area contributed by atoms with Crippen molar-refractivity contribution in [2.45, 2.75) is 57.4 Å². The van der Waals surface area contributed by atoms with Crippen LogP contribution >= 0.6 is 0 Å². The maximum atomic E-state index is 15.1. The van der Waals surface area contributed by atoms with Crippen LogP contribution in [0.3, 0.4) is 0 Å². The normalized spacial score (nSPS) is 17.1. The Morgan fingerprint density at radius 1 is 0.633 bits per heavy atom. The molecular formula is C36H27F11O2. The van der Waals surface area contributed by atoms with Crippen LogP contribution in [0, 0.1) is 40.8 Å². The SMILES string of the molecule is CC/C=C/C1CCC(c2cc(F)c(C(F)(F)Oc3ccc(-c4ccc(-c5cc(F)c(OC(F)(F)F)c(F)c5)c(F)c4)c(F)c3)c(F)c2)CC1. The molecule has 0 unspecified atom stereocenters. The lowest BCUT2D eigenvalue weighted by Crippen LogP contribution is -2.25. The van der Waals surface area contributed by atoms with Crippen LogP contribution in [0.1, 0.15) is 56.1 Å². The molecule has 13 heteroatoms. The van der Waals surface area contributed by atoms with Gasteiger partial charge in [-0.15, -0.1) is 13.2 Å². The minimum absolute atomic E-state index is 0.168. The monoisotopic (exact) mass is 700 g/mol. The zero-order valence-corrected chi connectivity index (χ0v) is 25.6. The zero-order chi connectivity index (χ0) is 35.7. The van der Waals surface area contributed by atoms with Crippen LogP contribution in [0.25, 0.3) is 22.3 Å². The van der Waals surface area contributed by atoms with Crippen LogP contribution in [-0.2, 0) is 6.11 Å². The Morgan fingerprint density at radius 3 is 1.73 bits per heavy atom. The molecule has 0 saturated heterocycles. The van der Waals surface area contributed by atoms with Crippen molar-refractivity contribution in [1.82, 2.24) is 0 Å². The standard InChI is InChI=1S/C36H27F11O2/c1-2-3-4-19-5-7-20(8-6-19)22-14-29(39)33(30(40)15-22)35(43,44)48-24-10-12-25(28(38)18-24)21-9-11-26(27(37)13-21)23-16-31(41)34(32(42)17-23)49-36(45,46)47/h3-4,9-20H,2,5-8H2,1H3/b4-3+. The largest absolute Gasteiger partial charge is 0.573 e. The first kappa shape index (κ1) is 35.7. The third kappa shape index (κ3) is 8.19. The van der Waals surface area contributed by atoms with Crippen molar-refractivity contribution in [1.29, 1.82) is 0 Å². The molecule has 4 aromatic rings. The van der Waals surface area contributed by atoms with Crippen LogP contribution in [0.2, 0.25) is 0 Å². The van der Waals surface area contributed by atoms with Crippen molar-refractivity contribution < 1.29 is 57.8 Å². The lowest BCUT2D eigenvalue weighted by atomic mass is 9.78. The van der Waals surface area contributed by atoms with Gasteiger partial charge in [-0.1, -0.05) is 31.2 Å². The van der Waals surface area contributed by atoms with Crippen molar-refractivity contribution in [2.24, 2.45) is 5.92 Å². The van der Waals surface area contributed by atoms with Crippen molar-refractivity contribution in [2.75, 3.05) is 0 Å². The number of rotatable bonds is 9. The summed E-state index contributed by atoms with van der Waals surface area (Å²) in [6, 6.07) is 7.62. The van der Waals surface area contributed by atoms with Gasteiger partial charge in [-0.3, -0.25) is 0 Å². The quantitative estimate of drug-likeness (QED) is 0.128. The third-order valence-corrected chi connectivity index (χ3v) is 8.24. The number of alkyl halides is 5. The number of allylic oxidation sites excluding steroid dienone is 2. The molecule has 0 aromatic heterocycles. The minimum Gasteiger partial charge on any atom is -0.429 e. The molecule has 4 aromatic carbocycles. The van der Waals surface area contributed by atoms with Crippen LogP contribution in [0.15, 0.2) is 72.8 Å². The molecular weight excluding hydrogens is 673 g/mol. The van der Waals surface area contributed by atoms with Crippen LogP contribution < -0.4 is 9.47 Å². The second-order valence-corrected chi connectivity index (χ2v) is 11.6. The molecule has 0 aliphatic heterocycles. The summed E-state index contributed by atoms with van der Waals surface area (Å²) in [5.41, 5.74) is -2.87. The van der Waals surface area contributed by atoms with E-state index in [1.807, 2.05) is 6.92 Å². The summed E-state index contributed by atoms with van der Waals surface area (Å²) < 4.78 is 164. The fourth-order valence-corrected chi connectivity index (χ4v) is 5.92. The second-order valence-electron chi connectivity index (χ2n) is 11.6. The minimum atomic E-state index is -5.39. The number of ether oxygens (including phenoxy) is 2. The average molecular weight is 701 g/mol. The van der Waals surface area contributed by atoms with E-state index in [-0.39, 0.29) is 22.6 Å². The Bertz CT molecular complexity index is 1810. The van der Waals surface area contributed by atoms with E-state index in [1.54, 1.807) is 0 Å². The summed E-state index contributed by atoms with van der Waals surface area (Å²) in [6.07, 6.45) is -2.03. The van der Waals surface area contributed by atoms with E-state index in [9.17, 15) is 35.1 Å². The highest BCUT2D eigenvalue weighted by atomic mass is 19.4. The van der Waals surface area contributed by atoms with Gasteiger partial charge in [0.15, 0.2) is 11.6 Å². The molecule has 0 N–H and O–H groups in total. The van der Waals surface area contributed by atoms with Gasteiger partial charge >= 0.3 is 12.5 Å². The molecule has 1 fully saturated rings. The van der Waals surface area contributed by atoms with Gasteiger partial charge in [0, 0.05) is 17.2 Å². The van der Waals surface area contributed by atoms with E-state index in [0.717, 1.165) is 61.7 Å². The lowest BCUT2D eigenvalue weighted by Gasteiger charge is -2.28. The van der Waals surface area contributed by atoms with Crippen molar-refractivity contribution in [3.63, 3.8) is 0 Å². The second kappa shape index (κ2) is 14.1. The molecule has 1 aliphatic carbocycles. The molecule has 5 rings (SSSR count). The molecule has 260 valence electrons. The van der Waals surface area contributed by atoms with Gasteiger partial charge in [-0.05, 0) is 103 Å². The van der Waals surface area contributed by atoms with E-state index in [2.05, 4.69) is 21.6 Å². The van der Waals surface area contributed by atoms with E-state index in [1.165, 1.54) is 0 Å².